The maximum absolute atomic E-state index is 12.5. The Hall–Kier alpha value is -2.25. The zero-order valence-electron chi connectivity index (χ0n) is 13.5. The summed E-state index contributed by atoms with van der Waals surface area (Å²) in [6, 6.07) is 5.81. The highest BCUT2D eigenvalue weighted by molar-refractivity contribution is 7.14. The number of fused-ring (bicyclic) bond motifs is 1. The maximum Gasteiger partial charge on any atom is 0.266 e. The van der Waals surface area contributed by atoms with Gasteiger partial charge in [-0.15, -0.1) is 11.3 Å². The molecule has 1 unspecified atom stereocenters. The lowest BCUT2D eigenvalue weighted by Crippen LogP contribution is -2.10. The van der Waals surface area contributed by atoms with Gasteiger partial charge in [-0.2, -0.15) is 5.10 Å². The molecule has 1 aliphatic rings. The van der Waals surface area contributed by atoms with Crippen LogP contribution in [0, 0.1) is 13.8 Å². The number of H-pyrrole nitrogens is 1. The Morgan fingerprint density at radius 1 is 1.42 bits per heavy atom. The molecule has 1 atom stereocenters. The first-order valence-corrected chi connectivity index (χ1v) is 8.78. The predicted molar refractivity (Wildman–Crippen MR) is 93.6 cm³/mol. The van der Waals surface area contributed by atoms with E-state index in [1.807, 2.05) is 32.0 Å². The Bertz CT molecular complexity index is 909. The first-order chi connectivity index (χ1) is 11.6. The average Bonchev–Trinajstić information content (AvgIpc) is 3.27. The van der Waals surface area contributed by atoms with Crippen LogP contribution in [0.3, 0.4) is 0 Å². The summed E-state index contributed by atoms with van der Waals surface area (Å²) in [6.07, 6.45) is 2.24. The topological polar surface area (TPSA) is 79.9 Å². The third-order valence-corrected chi connectivity index (χ3v) is 5.36. The van der Waals surface area contributed by atoms with E-state index in [4.69, 9.17) is 4.74 Å². The summed E-state index contributed by atoms with van der Waals surface area (Å²) in [5.74, 6) is 0.365. The molecule has 0 radical (unpaired) electrons. The van der Waals surface area contributed by atoms with Crippen molar-refractivity contribution in [2.45, 2.75) is 32.8 Å². The first kappa shape index (κ1) is 15.3. The number of aryl methyl sites for hydroxylation is 2. The zero-order chi connectivity index (χ0) is 16.7. The number of hydrogen-bond donors (Lipinski definition) is 2. The molecule has 2 N–H and O–H groups in total. The second-order valence-electron chi connectivity index (χ2n) is 6.03. The summed E-state index contributed by atoms with van der Waals surface area (Å²) in [4.78, 5) is 18.7. The van der Waals surface area contributed by atoms with Crippen LogP contribution < -0.4 is 5.32 Å². The lowest BCUT2D eigenvalue weighted by molar-refractivity contribution is 0.103. The van der Waals surface area contributed by atoms with Crippen molar-refractivity contribution in [3.05, 3.63) is 39.2 Å². The zero-order valence-corrected chi connectivity index (χ0v) is 14.4. The number of ether oxygens (including phenoxy) is 1. The second-order valence-corrected chi connectivity index (χ2v) is 7.15. The summed E-state index contributed by atoms with van der Waals surface area (Å²) < 4.78 is 5.68. The number of thiophene rings is 1. The monoisotopic (exact) mass is 342 g/mol. The van der Waals surface area contributed by atoms with Gasteiger partial charge in [0.2, 0.25) is 0 Å². The van der Waals surface area contributed by atoms with Crippen LogP contribution in [0.2, 0.25) is 0 Å². The Morgan fingerprint density at radius 2 is 2.29 bits per heavy atom. The molecule has 24 heavy (non-hydrogen) atoms. The van der Waals surface area contributed by atoms with Crippen molar-refractivity contribution >= 4 is 34.1 Å². The number of carbonyl (C=O) groups is 1. The molecule has 0 saturated carbocycles. The van der Waals surface area contributed by atoms with Crippen LogP contribution in [0.25, 0.3) is 11.0 Å². The van der Waals surface area contributed by atoms with Crippen LogP contribution in [0.15, 0.2) is 18.2 Å². The van der Waals surface area contributed by atoms with Gasteiger partial charge in [0.15, 0.2) is 11.5 Å². The van der Waals surface area contributed by atoms with Crippen LogP contribution in [0.1, 0.15) is 44.8 Å². The highest BCUT2D eigenvalue weighted by Gasteiger charge is 2.21. The van der Waals surface area contributed by atoms with Crippen LogP contribution in [-0.2, 0) is 4.74 Å². The number of aromatic nitrogens is 3. The number of anilines is 1. The number of amides is 1. The number of pyridine rings is 1. The fraction of sp³-hybridized carbons (Fsp3) is 0.353. The molecular formula is C17H18N4O2S. The van der Waals surface area contributed by atoms with Crippen molar-refractivity contribution in [2.24, 2.45) is 0 Å². The molecular weight excluding hydrogens is 324 g/mol. The molecule has 1 amide bonds. The van der Waals surface area contributed by atoms with Crippen molar-refractivity contribution in [1.29, 1.82) is 0 Å². The van der Waals surface area contributed by atoms with Gasteiger partial charge >= 0.3 is 0 Å². The number of hydrogen-bond acceptors (Lipinski definition) is 5. The van der Waals surface area contributed by atoms with Gasteiger partial charge in [0.05, 0.1) is 16.4 Å². The van der Waals surface area contributed by atoms with E-state index in [-0.39, 0.29) is 12.0 Å². The lowest BCUT2D eigenvalue weighted by atomic mass is 10.2. The van der Waals surface area contributed by atoms with E-state index >= 15 is 0 Å². The quantitative estimate of drug-likeness (QED) is 0.760. The summed E-state index contributed by atoms with van der Waals surface area (Å²) in [7, 11) is 0. The van der Waals surface area contributed by atoms with Crippen molar-refractivity contribution in [1.82, 2.24) is 15.2 Å². The molecule has 0 aliphatic carbocycles. The lowest BCUT2D eigenvalue weighted by Gasteiger charge is -2.05. The van der Waals surface area contributed by atoms with E-state index in [2.05, 4.69) is 20.5 Å². The van der Waals surface area contributed by atoms with Crippen molar-refractivity contribution in [3.63, 3.8) is 0 Å². The van der Waals surface area contributed by atoms with E-state index in [0.717, 1.165) is 41.0 Å². The van der Waals surface area contributed by atoms with Crippen molar-refractivity contribution in [2.75, 3.05) is 11.9 Å². The van der Waals surface area contributed by atoms with Gasteiger partial charge in [-0.3, -0.25) is 9.89 Å². The van der Waals surface area contributed by atoms with Crippen molar-refractivity contribution in [3.8, 4) is 0 Å². The van der Waals surface area contributed by atoms with Gasteiger partial charge in [0.1, 0.15) is 0 Å². The summed E-state index contributed by atoms with van der Waals surface area (Å²) in [6.45, 7) is 4.72. The van der Waals surface area contributed by atoms with E-state index in [0.29, 0.717) is 16.3 Å². The standard InChI is InChI=1S/C17H18N4O2S/c1-9-8-10(2)18-15-14(9)16(21-20-15)19-17(22)13-6-5-12(24-13)11-4-3-7-23-11/h5-6,8,11H,3-4,7H2,1-2H3,(H2,18,19,20,21,22). The molecule has 1 fully saturated rings. The van der Waals surface area contributed by atoms with E-state index in [1.54, 1.807) is 0 Å². The molecule has 0 aromatic carbocycles. The van der Waals surface area contributed by atoms with Gasteiger partial charge < -0.3 is 10.1 Å². The van der Waals surface area contributed by atoms with Gasteiger partial charge in [-0.05, 0) is 50.5 Å². The summed E-state index contributed by atoms with van der Waals surface area (Å²) in [5.41, 5.74) is 2.64. The Morgan fingerprint density at radius 3 is 3.08 bits per heavy atom. The molecule has 1 aliphatic heterocycles. The number of aromatic amines is 1. The van der Waals surface area contributed by atoms with Crippen LogP contribution >= 0.6 is 11.3 Å². The van der Waals surface area contributed by atoms with Crippen LogP contribution in [0.5, 0.6) is 0 Å². The van der Waals surface area contributed by atoms with Gasteiger partial charge in [0.25, 0.3) is 5.91 Å². The Kier molecular flexibility index (Phi) is 3.82. The SMILES string of the molecule is Cc1cc(C)c2c(NC(=O)c3ccc(C4CCCO4)s3)n[nH]c2n1. The highest BCUT2D eigenvalue weighted by Crippen LogP contribution is 2.33. The average molecular weight is 342 g/mol. The normalized spacial score (nSPS) is 17.5. The molecule has 0 spiro atoms. The predicted octanol–water partition coefficient (Wildman–Crippen LogP) is 3.74. The van der Waals surface area contributed by atoms with Gasteiger partial charge in [-0.25, -0.2) is 4.98 Å². The van der Waals surface area contributed by atoms with Gasteiger partial charge in [0, 0.05) is 17.2 Å². The largest absolute Gasteiger partial charge is 0.373 e. The summed E-state index contributed by atoms with van der Waals surface area (Å²) >= 11 is 1.48. The smallest absolute Gasteiger partial charge is 0.266 e. The highest BCUT2D eigenvalue weighted by atomic mass is 32.1. The number of rotatable bonds is 3. The van der Waals surface area contributed by atoms with Crippen molar-refractivity contribution < 1.29 is 9.53 Å². The number of nitrogens with zero attached hydrogens (tertiary/aromatic N) is 2. The molecule has 6 nitrogen and oxygen atoms in total. The molecule has 3 aromatic heterocycles. The molecule has 0 bridgehead atoms. The van der Waals surface area contributed by atoms with E-state index < -0.39 is 0 Å². The third kappa shape index (κ3) is 2.70. The molecule has 1 saturated heterocycles. The second kappa shape index (κ2) is 5.99. The molecule has 7 heteroatoms. The minimum atomic E-state index is -0.155. The number of nitrogens with one attached hydrogen (secondary N) is 2. The number of carbonyl (C=O) groups excluding carboxylic acids is 1. The Labute approximate surface area is 143 Å². The van der Waals surface area contributed by atoms with Crippen LogP contribution in [0.4, 0.5) is 5.82 Å². The first-order valence-electron chi connectivity index (χ1n) is 7.97. The van der Waals surface area contributed by atoms with E-state index in [1.165, 1.54) is 11.3 Å². The molecule has 4 heterocycles. The maximum atomic E-state index is 12.5. The fourth-order valence-electron chi connectivity index (χ4n) is 3.09. The van der Waals surface area contributed by atoms with Gasteiger partial charge in [-0.1, -0.05) is 0 Å². The third-order valence-electron chi connectivity index (χ3n) is 4.18. The summed E-state index contributed by atoms with van der Waals surface area (Å²) in [5, 5.41) is 10.8. The van der Waals surface area contributed by atoms with E-state index in [9.17, 15) is 4.79 Å². The minimum Gasteiger partial charge on any atom is -0.373 e. The minimum absolute atomic E-state index is 0.136. The molecule has 3 aromatic rings. The molecule has 4 rings (SSSR count). The molecule has 124 valence electrons. The Balaban J connectivity index is 1.58. The fourth-order valence-corrected chi connectivity index (χ4v) is 4.08. The van der Waals surface area contributed by atoms with Crippen LogP contribution in [-0.4, -0.2) is 27.7 Å².